The van der Waals surface area contributed by atoms with Crippen LogP contribution in [-0.4, -0.2) is 33.2 Å². The zero-order valence-electron chi connectivity index (χ0n) is 10.4. The number of nitrogens with zero attached hydrogens (tertiary/aromatic N) is 4. The van der Waals surface area contributed by atoms with Crippen molar-refractivity contribution in [3.05, 3.63) is 29.8 Å². The number of nitrogens with one attached hydrogen (secondary N) is 1. The molecule has 94 valence electrons. The largest absolute Gasteiger partial charge is 0.358 e. The lowest BCUT2D eigenvalue weighted by Gasteiger charge is -1.98. The van der Waals surface area contributed by atoms with Crippen LogP contribution in [0.25, 0.3) is 11.4 Å². The average molecular weight is 245 g/mol. The first-order valence-electron chi connectivity index (χ1n) is 5.80. The number of carbonyl (C=O) groups is 1. The molecule has 2 rings (SSSR count). The van der Waals surface area contributed by atoms with Crippen LogP contribution in [0.1, 0.15) is 12.5 Å². The van der Waals surface area contributed by atoms with E-state index in [1.807, 2.05) is 24.3 Å². The zero-order valence-corrected chi connectivity index (χ0v) is 10.4. The molecular weight excluding hydrogens is 230 g/mol. The second-order valence-corrected chi connectivity index (χ2v) is 3.87. The molecule has 0 radical (unpaired) electrons. The summed E-state index contributed by atoms with van der Waals surface area (Å²) in [5, 5.41) is 14.4. The van der Waals surface area contributed by atoms with Gasteiger partial charge in [0.05, 0.1) is 0 Å². The van der Waals surface area contributed by atoms with E-state index >= 15 is 0 Å². The summed E-state index contributed by atoms with van der Waals surface area (Å²) in [6.07, 6.45) is 0.997. The number of aromatic nitrogens is 4. The molecule has 0 aliphatic heterocycles. The lowest BCUT2D eigenvalue weighted by molar-refractivity contribution is -0.121. The minimum Gasteiger partial charge on any atom is -0.358 e. The van der Waals surface area contributed by atoms with E-state index in [0.29, 0.717) is 5.82 Å². The van der Waals surface area contributed by atoms with Crippen molar-refractivity contribution in [2.75, 3.05) is 7.05 Å². The molecule has 1 aromatic heterocycles. The Morgan fingerprint density at radius 1 is 1.33 bits per heavy atom. The summed E-state index contributed by atoms with van der Waals surface area (Å²) in [4.78, 5) is 12.5. The van der Waals surface area contributed by atoms with Gasteiger partial charge < -0.3 is 5.32 Å². The Kier molecular flexibility index (Phi) is 3.66. The third kappa shape index (κ3) is 2.71. The van der Waals surface area contributed by atoms with Crippen LogP contribution in [0.2, 0.25) is 0 Å². The molecular formula is C12H15N5O. The summed E-state index contributed by atoms with van der Waals surface area (Å²) in [5.74, 6) is 0.377. The highest BCUT2D eigenvalue weighted by Crippen LogP contribution is 2.14. The molecule has 0 saturated heterocycles. The molecule has 6 nitrogen and oxygen atoms in total. The third-order valence-corrected chi connectivity index (χ3v) is 2.64. The van der Waals surface area contributed by atoms with Crippen LogP contribution in [0.15, 0.2) is 24.3 Å². The number of amides is 1. The van der Waals surface area contributed by atoms with Crippen LogP contribution in [0.3, 0.4) is 0 Å². The van der Waals surface area contributed by atoms with Gasteiger partial charge in [-0.05, 0) is 17.2 Å². The van der Waals surface area contributed by atoms with Crippen LogP contribution < -0.4 is 5.32 Å². The molecule has 1 amide bonds. The molecule has 0 spiro atoms. The van der Waals surface area contributed by atoms with Gasteiger partial charge in [-0.25, -0.2) is 0 Å². The van der Waals surface area contributed by atoms with Crippen molar-refractivity contribution in [3.63, 3.8) is 0 Å². The van der Waals surface area contributed by atoms with Crippen LogP contribution in [0.4, 0.5) is 0 Å². The van der Waals surface area contributed by atoms with Crippen molar-refractivity contribution >= 4 is 5.91 Å². The molecule has 2 aromatic rings. The fourth-order valence-electron chi connectivity index (χ4n) is 1.52. The standard InChI is InChI=1S/C12H15N5O/c1-3-9-4-6-10(7-5-9)12-14-16-17(15-12)8-11(18)13-2/h4-7H,3,8H2,1-2H3,(H,13,18). The number of likely N-dealkylation sites (N-methyl/N-ethyl adjacent to an activating group) is 1. The van der Waals surface area contributed by atoms with E-state index in [-0.39, 0.29) is 12.5 Å². The van der Waals surface area contributed by atoms with Gasteiger partial charge in [-0.3, -0.25) is 4.79 Å². The molecule has 18 heavy (non-hydrogen) atoms. The van der Waals surface area contributed by atoms with Crippen LogP contribution in [-0.2, 0) is 17.8 Å². The normalized spacial score (nSPS) is 10.3. The number of rotatable bonds is 4. The first-order valence-corrected chi connectivity index (χ1v) is 5.80. The van der Waals surface area contributed by atoms with E-state index in [0.717, 1.165) is 12.0 Å². The summed E-state index contributed by atoms with van der Waals surface area (Å²) in [6.45, 7) is 2.18. The van der Waals surface area contributed by atoms with Gasteiger partial charge in [0.15, 0.2) is 0 Å². The van der Waals surface area contributed by atoms with Crippen LogP contribution >= 0.6 is 0 Å². The summed E-state index contributed by atoms with van der Waals surface area (Å²) < 4.78 is 0. The SMILES string of the molecule is CCc1ccc(-c2nnn(CC(=O)NC)n2)cc1. The van der Waals surface area contributed by atoms with E-state index in [4.69, 9.17) is 0 Å². The van der Waals surface area contributed by atoms with Gasteiger partial charge in [-0.15, -0.1) is 10.2 Å². The summed E-state index contributed by atoms with van der Waals surface area (Å²) in [7, 11) is 1.57. The lowest BCUT2D eigenvalue weighted by atomic mass is 10.1. The predicted octanol–water partition coefficient (Wildman–Crippen LogP) is 0.648. The maximum Gasteiger partial charge on any atom is 0.243 e. The van der Waals surface area contributed by atoms with Crippen LogP contribution in [0.5, 0.6) is 0 Å². The average Bonchev–Trinajstić information content (AvgIpc) is 2.87. The molecule has 0 fully saturated rings. The molecule has 1 heterocycles. The molecule has 0 saturated carbocycles. The summed E-state index contributed by atoms with van der Waals surface area (Å²) in [6, 6.07) is 7.99. The van der Waals surface area contributed by atoms with E-state index in [9.17, 15) is 4.79 Å². The fraction of sp³-hybridized carbons (Fsp3) is 0.333. The Balaban J connectivity index is 2.15. The van der Waals surface area contributed by atoms with Gasteiger partial charge in [-0.2, -0.15) is 4.80 Å². The van der Waals surface area contributed by atoms with Crippen LogP contribution in [0, 0.1) is 0 Å². The van der Waals surface area contributed by atoms with E-state index in [1.165, 1.54) is 10.4 Å². The Morgan fingerprint density at radius 2 is 2.06 bits per heavy atom. The third-order valence-electron chi connectivity index (χ3n) is 2.64. The number of carbonyl (C=O) groups excluding carboxylic acids is 1. The van der Waals surface area contributed by atoms with Crippen molar-refractivity contribution in [2.45, 2.75) is 19.9 Å². The number of aryl methyl sites for hydroxylation is 1. The fourth-order valence-corrected chi connectivity index (χ4v) is 1.52. The smallest absolute Gasteiger partial charge is 0.243 e. The van der Waals surface area contributed by atoms with Gasteiger partial charge >= 0.3 is 0 Å². The molecule has 1 N–H and O–H groups in total. The first-order chi connectivity index (χ1) is 8.72. The van der Waals surface area contributed by atoms with Gasteiger partial charge in [0, 0.05) is 12.6 Å². The second-order valence-electron chi connectivity index (χ2n) is 3.87. The van der Waals surface area contributed by atoms with Gasteiger partial charge in [0.1, 0.15) is 6.54 Å². The minimum absolute atomic E-state index is 0.0799. The number of benzene rings is 1. The van der Waals surface area contributed by atoms with E-state index in [1.54, 1.807) is 7.05 Å². The topological polar surface area (TPSA) is 72.7 Å². The second kappa shape index (κ2) is 5.39. The lowest BCUT2D eigenvalue weighted by Crippen LogP contribution is -2.24. The zero-order chi connectivity index (χ0) is 13.0. The highest BCUT2D eigenvalue weighted by Gasteiger charge is 2.07. The maximum absolute atomic E-state index is 11.2. The Morgan fingerprint density at radius 3 is 2.67 bits per heavy atom. The number of hydrogen-bond donors (Lipinski definition) is 1. The quantitative estimate of drug-likeness (QED) is 0.858. The number of tetrazole rings is 1. The van der Waals surface area contributed by atoms with Crippen molar-refractivity contribution in [2.24, 2.45) is 0 Å². The Hall–Kier alpha value is -2.24. The molecule has 0 bridgehead atoms. The van der Waals surface area contributed by atoms with Gasteiger partial charge in [0.25, 0.3) is 0 Å². The highest BCUT2D eigenvalue weighted by atomic mass is 16.2. The number of hydrogen-bond acceptors (Lipinski definition) is 4. The molecule has 0 atom stereocenters. The monoisotopic (exact) mass is 245 g/mol. The van der Waals surface area contributed by atoms with E-state index in [2.05, 4.69) is 27.7 Å². The molecule has 6 heteroatoms. The summed E-state index contributed by atoms with van der Waals surface area (Å²) >= 11 is 0. The van der Waals surface area contributed by atoms with Gasteiger partial charge in [-0.1, -0.05) is 31.2 Å². The maximum atomic E-state index is 11.2. The molecule has 1 aromatic carbocycles. The predicted molar refractivity (Wildman–Crippen MR) is 66.7 cm³/mol. The molecule has 0 unspecified atom stereocenters. The molecule has 0 aliphatic carbocycles. The van der Waals surface area contributed by atoms with Crippen molar-refractivity contribution in [3.8, 4) is 11.4 Å². The summed E-state index contributed by atoms with van der Waals surface area (Å²) in [5.41, 5.74) is 2.16. The minimum atomic E-state index is -0.153. The van der Waals surface area contributed by atoms with Gasteiger partial charge in [0.2, 0.25) is 11.7 Å². The van der Waals surface area contributed by atoms with Crippen molar-refractivity contribution < 1.29 is 4.79 Å². The van der Waals surface area contributed by atoms with Crippen molar-refractivity contribution in [1.29, 1.82) is 0 Å². The Bertz CT molecular complexity index is 532. The van der Waals surface area contributed by atoms with Crippen molar-refractivity contribution in [1.82, 2.24) is 25.5 Å². The molecule has 0 aliphatic rings. The van der Waals surface area contributed by atoms with E-state index < -0.39 is 0 Å². The first kappa shape index (κ1) is 12.2. The Labute approximate surface area is 105 Å². The highest BCUT2D eigenvalue weighted by molar-refractivity contribution is 5.75.